The van der Waals surface area contributed by atoms with Crippen LogP contribution in [-0.4, -0.2) is 54.7 Å². The van der Waals surface area contributed by atoms with Crippen molar-refractivity contribution in [2.75, 3.05) is 26.8 Å². The standard InChI is InChI=1S/C14H17FN2O4/c1-17-11(19)8-21-13(14(20)16-6-7-18)12(17)9-2-4-10(15)5-3-9/h2-5,12-13,18H,6-8H2,1H3,(H,16,20). The number of nitrogens with one attached hydrogen (secondary N) is 1. The van der Waals surface area contributed by atoms with E-state index in [0.29, 0.717) is 5.56 Å². The van der Waals surface area contributed by atoms with Crippen LogP contribution in [-0.2, 0) is 14.3 Å². The summed E-state index contributed by atoms with van der Waals surface area (Å²) in [5.41, 5.74) is 0.607. The lowest BCUT2D eigenvalue weighted by atomic mass is 9.97. The minimum absolute atomic E-state index is 0.104. The Bertz CT molecular complexity index is 520. The average molecular weight is 296 g/mol. The number of likely N-dealkylation sites (N-methyl/N-ethyl adjacent to an activating group) is 1. The summed E-state index contributed by atoms with van der Waals surface area (Å²) < 4.78 is 18.4. The van der Waals surface area contributed by atoms with Crippen molar-refractivity contribution < 1.29 is 23.8 Å². The number of nitrogens with zero attached hydrogens (tertiary/aromatic N) is 1. The van der Waals surface area contributed by atoms with Crippen molar-refractivity contribution in [2.45, 2.75) is 12.1 Å². The minimum Gasteiger partial charge on any atom is -0.395 e. The van der Waals surface area contributed by atoms with Crippen molar-refractivity contribution in [1.82, 2.24) is 10.2 Å². The van der Waals surface area contributed by atoms with Gasteiger partial charge in [-0.1, -0.05) is 12.1 Å². The zero-order valence-corrected chi connectivity index (χ0v) is 11.6. The molecular formula is C14H17FN2O4. The summed E-state index contributed by atoms with van der Waals surface area (Å²) in [6, 6.07) is 4.94. The van der Waals surface area contributed by atoms with Crippen molar-refractivity contribution in [2.24, 2.45) is 0 Å². The van der Waals surface area contributed by atoms with Crippen molar-refractivity contribution in [3.63, 3.8) is 0 Å². The van der Waals surface area contributed by atoms with Crippen LogP contribution in [0.2, 0.25) is 0 Å². The maximum absolute atomic E-state index is 13.0. The normalized spacial score (nSPS) is 22.2. The lowest BCUT2D eigenvalue weighted by molar-refractivity contribution is -0.162. The lowest BCUT2D eigenvalue weighted by Gasteiger charge is -2.38. The van der Waals surface area contributed by atoms with E-state index in [9.17, 15) is 14.0 Å². The fraction of sp³-hybridized carbons (Fsp3) is 0.429. The zero-order valence-electron chi connectivity index (χ0n) is 11.6. The number of halogens is 1. The molecule has 6 nitrogen and oxygen atoms in total. The Hall–Kier alpha value is -1.99. The number of benzene rings is 1. The Morgan fingerprint density at radius 3 is 2.76 bits per heavy atom. The summed E-state index contributed by atoms with van der Waals surface area (Å²) in [5, 5.41) is 11.3. The molecule has 0 bridgehead atoms. The lowest BCUT2D eigenvalue weighted by Crippen LogP contribution is -2.53. The van der Waals surface area contributed by atoms with Gasteiger partial charge in [0.05, 0.1) is 12.6 Å². The van der Waals surface area contributed by atoms with Gasteiger partial charge in [0.1, 0.15) is 12.4 Å². The van der Waals surface area contributed by atoms with Crippen LogP contribution in [0.15, 0.2) is 24.3 Å². The van der Waals surface area contributed by atoms with E-state index < -0.39 is 23.9 Å². The first-order valence-electron chi connectivity index (χ1n) is 6.56. The van der Waals surface area contributed by atoms with Crippen LogP contribution in [0.4, 0.5) is 4.39 Å². The molecule has 7 heteroatoms. The predicted molar refractivity (Wildman–Crippen MR) is 71.7 cm³/mol. The molecule has 2 amide bonds. The number of rotatable bonds is 4. The fourth-order valence-corrected chi connectivity index (χ4v) is 2.27. The molecule has 2 N–H and O–H groups in total. The van der Waals surface area contributed by atoms with Gasteiger partial charge in [-0.15, -0.1) is 0 Å². The van der Waals surface area contributed by atoms with Gasteiger partial charge in [-0.25, -0.2) is 4.39 Å². The van der Waals surface area contributed by atoms with E-state index in [0.717, 1.165) is 0 Å². The molecule has 1 aliphatic rings. The molecule has 1 aromatic carbocycles. The number of carbonyl (C=O) groups is 2. The van der Waals surface area contributed by atoms with Gasteiger partial charge in [-0.2, -0.15) is 0 Å². The van der Waals surface area contributed by atoms with E-state index in [1.807, 2.05) is 0 Å². The predicted octanol–water partition coefficient (Wildman–Crippen LogP) is -0.167. The van der Waals surface area contributed by atoms with Crippen LogP contribution in [0.5, 0.6) is 0 Å². The zero-order chi connectivity index (χ0) is 15.4. The van der Waals surface area contributed by atoms with E-state index >= 15 is 0 Å². The highest BCUT2D eigenvalue weighted by Crippen LogP contribution is 2.29. The highest BCUT2D eigenvalue weighted by atomic mass is 19.1. The highest BCUT2D eigenvalue weighted by Gasteiger charge is 2.39. The second-order valence-electron chi connectivity index (χ2n) is 4.75. The molecule has 1 aromatic rings. The average Bonchev–Trinajstić information content (AvgIpc) is 2.48. The number of hydrogen-bond acceptors (Lipinski definition) is 4. The van der Waals surface area contributed by atoms with Crippen molar-refractivity contribution in [3.8, 4) is 0 Å². The second-order valence-corrected chi connectivity index (χ2v) is 4.75. The molecule has 0 aromatic heterocycles. The maximum Gasteiger partial charge on any atom is 0.251 e. The number of morpholine rings is 1. The number of amides is 2. The molecule has 2 atom stereocenters. The first kappa shape index (κ1) is 15.4. The van der Waals surface area contributed by atoms with E-state index in [4.69, 9.17) is 9.84 Å². The summed E-state index contributed by atoms with van der Waals surface area (Å²) >= 11 is 0. The van der Waals surface area contributed by atoms with Gasteiger partial charge in [0.2, 0.25) is 5.91 Å². The summed E-state index contributed by atoms with van der Waals surface area (Å²) in [6.07, 6.45) is -0.898. The van der Waals surface area contributed by atoms with Crippen molar-refractivity contribution in [1.29, 1.82) is 0 Å². The van der Waals surface area contributed by atoms with Gasteiger partial charge in [0.15, 0.2) is 6.10 Å². The van der Waals surface area contributed by atoms with E-state index in [2.05, 4.69) is 5.32 Å². The maximum atomic E-state index is 13.0. The summed E-state index contributed by atoms with van der Waals surface area (Å²) in [6.45, 7) is -0.271. The number of hydrogen-bond donors (Lipinski definition) is 2. The van der Waals surface area contributed by atoms with Crippen molar-refractivity contribution >= 4 is 11.8 Å². The molecule has 2 rings (SSSR count). The third kappa shape index (κ3) is 3.37. The smallest absolute Gasteiger partial charge is 0.251 e. The molecule has 1 aliphatic heterocycles. The summed E-state index contributed by atoms with van der Waals surface area (Å²) in [5.74, 6) is -1.07. The van der Waals surface area contributed by atoms with Gasteiger partial charge in [0, 0.05) is 13.6 Å². The minimum atomic E-state index is -0.898. The van der Waals surface area contributed by atoms with Crippen LogP contribution in [0.1, 0.15) is 11.6 Å². The summed E-state index contributed by atoms with van der Waals surface area (Å²) in [7, 11) is 1.57. The molecule has 1 heterocycles. The quantitative estimate of drug-likeness (QED) is 0.809. The molecule has 114 valence electrons. The Balaban J connectivity index is 2.26. The first-order valence-corrected chi connectivity index (χ1v) is 6.56. The van der Waals surface area contributed by atoms with Crippen LogP contribution < -0.4 is 5.32 Å². The number of ether oxygens (including phenoxy) is 1. The second kappa shape index (κ2) is 6.64. The third-order valence-corrected chi connectivity index (χ3v) is 3.36. The monoisotopic (exact) mass is 296 g/mol. The third-order valence-electron chi connectivity index (χ3n) is 3.36. The molecule has 0 aliphatic carbocycles. The molecule has 2 unspecified atom stereocenters. The molecule has 1 saturated heterocycles. The Morgan fingerprint density at radius 1 is 1.48 bits per heavy atom. The van der Waals surface area contributed by atoms with Crippen LogP contribution in [0, 0.1) is 5.82 Å². The van der Waals surface area contributed by atoms with E-state index in [1.54, 1.807) is 7.05 Å². The molecular weight excluding hydrogens is 279 g/mol. The van der Waals surface area contributed by atoms with Gasteiger partial charge < -0.3 is 20.1 Å². The fourth-order valence-electron chi connectivity index (χ4n) is 2.27. The van der Waals surface area contributed by atoms with Crippen LogP contribution in [0.3, 0.4) is 0 Å². The SMILES string of the molecule is CN1C(=O)COC(C(=O)NCCO)C1c1ccc(F)cc1. The van der Waals surface area contributed by atoms with Gasteiger partial charge in [-0.3, -0.25) is 9.59 Å². The van der Waals surface area contributed by atoms with Gasteiger partial charge in [0.25, 0.3) is 5.91 Å². The number of aliphatic hydroxyl groups excluding tert-OH is 1. The van der Waals surface area contributed by atoms with Gasteiger partial charge >= 0.3 is 0 Å². The van der Waals surface area contributed by atoms with Crippen molar-refractivity contribution in [3.05, 3.63) is 35.6 Å². The van der Waals surface area contributed by atoms with Crippen LogP contribution in [0.25, 0.3) is 0 Å². The molecule has 0 spiro atoms. The summed E-state index contributed by atoms with van der Waals surface area (Å²) in [4.78, 5) is 25.3. The molecule has 1 fully saturated rings. The topological polar surface area (TPSA) is 78.9 Å². The highest BCUT2D eigenvalue weighted by molar-refractivity contribution is 5.86. The van der Waals surface area contributed by atoms with E-state index in [1.165, 1.54) is 29.2 Å². The van der Waals surface area contributed by atoms with E-state index in [-0.39, 0.29) is 25.7 Å². The number of carbonyl (C=O) groups excluding carboxylic acids is 2. The molecule has 21 heavy (non-hydrogen) atoms. The van der Waals surface area contributed by atoms with Gasteiger partial charge in [-0.05, 0) is 17.7 Å². The molecule has 0 saturated carbocycles. The largest absolute Gasteiger partial charge is 0.395 e. The Morgan fingerprint density at radius 2 is 2.14 bits per heavy atom. The number of aliphatic hydroxyl groups is 1. The van der Waals surface area contributed by atoms with Crippen LogP contribution >= 0.6 is 0 Å². The molecule has 0 radical (unpaired) electrons. The first-order chi connectivity index (χ1) is 10.0. The Labute approximate surface area is 121 Å². The Kier molecular flexibility index (Phi) is 4.87.